The predicted molar refractivity (Wildman–Crippen MR) is 168 cm³/mol. The molecule has 5 rings (SSSR count). The van der Waals surface area contributed by atoms with Crippen molar-refractivity contribution in [3.63, 3.8) is 0 Å². The fourth-order valence-corrected chi connectivity index (χ4v) is 5.41. The van der Waals surface area contributed by atoms with Crippen molar-refractivity contribution >= 4 is 10.8 Å². The Kier molecular flexibility index (Phi) is 12.0. The second-order valence-corrected chi connectivity index (χ2v) is 11.1. The molecule has 3 N–H and O–H groups in total. The molecule has 0 spiro atoms. The third-order valence-corrected chi connectivity index (χ3v) is 7.77. The average molecular weight is 586 g/mol. The van der Waals surface area contributed by atoms with Crippen LogP contribution in [0.15, 0.2) is 91.0 Å². The van der Waals surface area contributed by atoms with Gasteiger partial charge in [0.2, 0.25) is 0 Å². The van der Waals surface area contributed by atoms with Crippen LogP contribution in [-0.4, -0.2) is 61.9 Å². The third-order valence-electron chi connectivity index (χ3n) is 7.77. The van der Waals surface area contributed by atoms with Gasteiger partial charge in [0.05, 0.1) is 52.4 Å². The van der Waals surface area contributed by atoms with Crippen molar-refractivity contribution in [2.24, 2.45) is 0 Å². The first-order valence-corrected chi connectivity index (χ1v) is 15.2. The molecule has 7 nitrogen and oxygen atoms in total. The second-order valence-electron chi connectivity index (χ2n) is 11.1. The SMILES string of the molecule is OC[C@H](O)COCc1ccc2cc(CO[C@H]3CNCC[C@@H]3c3ccc(OCCCOCc4ccccc4)cc3)ccc2c1. The van der Waals surface area contributed by atoms with E-state index in [1.54, 1.807) is 0 Å². The second kappa shape index (κ2) is 16.5. The summed E-state index contributed by atoms with van der Waals surface area (Å²) in [4.78, 5) is 0. The minimum absolute atomic E-state index is 0.0896. The topological polar surface area (TPSA) is 89.4 Å². The van der Waals surface area contributed by atoms with Gasteiger partial charge in [-0.1, -0.05) is 66.7 Å². The van der Waals surface area contributed by atoms with Crippen LogP contribution in [0.3, 0.4) is 0 Å². The largest absolute Gasteiger partial charge is 0.494 e. The number of fused-ring (bicyclic) bond motifs is 1. The molecule has 0 amide bonds. The summed E-state index contributed by atoms with van der Waals surface area (Å²) in [6.07, 6.45) is 1.12. The fraction of sp³-hybridized carbons (Fsp3) is 0.389. The first-order valence-electron chi connectivity index (χ1n) is 15.2. The lowest BCUT2D eigenvalue weighted by Crippen LogP contribution is -2.40. The highest BCUT2D eigenvalue weighted by molar-refractivity contribution is 5.83. The van der Waals surface area contributed by atoms with Crippen molar-refractivity contribution in [2.45, 2.75) is 50.8 Å². The molecule has 4 aromatic carbocycles. The highest BCUT2D eigenvalue weighted by Gasteiger charge is 2.27. The van der Waals surface area contributed by atoms with Crippen molar-refractivity contribution in [1.29, 1.82) is 0 Å². The van der Waals surface area contributed by atoms with E-state index in [2.05, 4.69) is 72.0 Å². The zero-order chi connectivity index (χ0) is 29.7. The summed E-state index contributed by atoms with van der Waals surface area (Å²) in [5.41, 5.74) is 4.64. The Bertz CT molecular complexity index is 1380. The van der Waals surface area contributed by atoms with Crippen LogP contribution in [0.4, 0.5) is 0 Å². The number of rotatable bonds is 16. The number of benzene rings is 4. The van der Waals surface area contributed by atoms with Crippen LogP contribution in [0.1, 0.15) is 41.0 Å². The molecule has 4 aromatic rings. The van der Waals surface area contributed by atoms with E-state index >= 15 is 0 Å². The van der Waals surface area contributed by atoms with Crippen LogP contribution in [0, 0.1) is 0 Å². The van der Waals surface area contributed by atoms with Gasteiger partial charge in [-0.15, -0.1) is 0 Å². The molecule has 1 saturated heterocycles. The average Bonchev–Trinajstić information content (AvgIpc) is 3.06. The number of aliphatic hydroxyl groups excluding tert-OH is 2. The molecule has 1 aliphatic heterocycles. The van der Waals surface area contributed by atoms with Gasteiger partial charge in [0.1, 0.15) is 11.9 Å². The van der Waals surface area contributed by atoms with E-state index < -0.39 is 6.10 Å². The van der Waals surface area contributed by atoms with Crippen LogP contribution < -0.4 is 10.1 Å². The molecule has 3 atom stereocenters. The number of ether oxygens (including phenoxy) is 4. The van der Waals surface area contributed by atoms with Gasteiger partial charge in [-0.3, -0.25) is 0 Å². The van der Waals surface area contributed by atoms with Gasteiger partial charge in [-0.05, 0) is 70.3 Å². The Morgan fingerprint density at radius 1 is 0.767 bits per heavy atom. The molecular formula is C36H43NO6. The lowest BCUT2D eigenvalue weighted by Gasteiger charge is -2.32. The fourth-order valence-electron chi connectivity index (χ4n) is 5.41. The van der Waals surface area contributed by atoms with Gasteiger partial charge in [-0.2, -0.15) is 0 Å². The summed E-state index contributed by atoms with van der Waals surface area (Å²) in [5.74, 6) is 1.21. The van der Waals surface area contributed by atoms with Crippen molar-refractivity contribution in [3.8, 4) is 5.75 Å². The van der Waals surface area contributed by atoms with E-state index in [1.807, 2.05) is 24.3 Å². The molecule has 1 fully saturated rings. The molecule has 0 aliphatic carbocycles. The minimum Gasteiger partial charge on any atom is -0.494 e. The van der Waals surface area contributed by atoms with Crippen molar-refractivity contribution in [1.82, 2.24) is 5.32 Å². The summed E-state index contributed by atoms with van der Waals surface area (Å²) in [6, 6.07) is 31.3. The Morgan fingerprint density at radius 3 is 2.23 bits per heavy atom. The molecule has 0 radical (unpaired) electrons. The van der Waals surface area contributed by atoms with E-state index in [9.17, 15) is 5.11 Å². The summed E-state index contributed by atoms with van der Waals surface area (Å²) < 4.78 is 23.7. The van der Waals surface area contributed by atoms with Crippen molar-refractivity contribution in [3.05, 3.63) is 113 Å². The maximum absolute atomic E-state index is 9.45. The predicted octanol–water partition coefficient (Wildman–Crippen LogP) is 5.36. The van der Waals surface area contributed by atoms with E-state index in [0.717, 1.165) is 53.6 Å². The molecular weight excluding hydrogens is 542 g/mol. The Balaban J connectivity index is 1.08. The monoisotopic (exact) mass is 585 g/mol. The standard InChI is InChI=1S/C36H43NO6/c38-22-33(39)26-41-24-28-7-9-32-20-29(8-10-31(32)19-28)25-43-36-21-37-16-15-35(36)30-11-13-34(14-12-30)42-18-4-17-40-23-27-5-2-1-3-6-27/h1-3,5-14,19-20,33,35-39H,4,15-18,21-26H2/t33-,35+,36-/m0/s1. The van der Waals surface area contributed by atoms with E-state index in [1.165, 1.54) is 11.1 Å². The lowest BCUT2D eigenvalue weighted by molar-refractivity contribution is 0.0000498. The van der Waals surface area contributed by atoms with E-state index in [-0.39, 0.29) is 19.3 Å². The van der Waals surface area contributed by atoms with Gasteiger partial charge in [-0.25, -0.2) is 0 Å². The van der Waals surface area contributed by atoms with Gasteiger partial charge in [0, 0.05) is 18.9 Å². The maximum atomic E-state index is 9.45. The van der Waals surface area contributed by atoms with Crippen LogP contribution in [0.25, 0.3) is 10.8 Å². The molecule has 7 heteroatoms. The maximum Gasteiger partial charge on any atom is 0.119 e. The Morgan fingerprint density at radius 2 is 1.49 bits per heavy atom. The molecule has 0 aromatic heterocycles. The van der Waals surface area contributed by atoms with Crippen LogP contribution >= 0.6 is 0 Å². The van der Waals surface area contributed by atoms with E-state index in [4.69, 9.17) is 24.1 Å². The zero-order valence-electron chi connectivity index (χ0n) is 24.7. The molecule has 43 heavy (non-hydrogen) atoms. The highest BCUT2D eigenvalue weighted by Crippen LogP contribution is 2.30. The summed E-state index contributed by atoms with van der Waals surface area (Å²) in [5, 5.41) is 24.2. The van der Waals surface area contributed by atoms with Crippen LogP contribution in [0.2, 0.25) is 0 Å². The quantitative estimate of drug-likeness (QED) is 0.153. The zero-order valence-corrected chi connectivity index (χ0v) is 24.7. The highest BCUT2D eigenvalue weighted by atomic mass is 16.5. The molecule has 0 unspecified atom stereocenters. The molecule has 1 aliphatic rings. The van der Waals surface area contributed by atoms with Crippen molar-refractivity contribution in [2.75, 3.05) is 39.5 Å². The van der Waals surface area contributed by atoms with Gasteiger partial charge in [0.25, 0.3) is 0 Å². The Hall–Kier alpha value is -3.30. The van der Waals surface area contributed by atoms with Crippen molar-refractivity contribution < 1.29 is 29.2 Å². The number of hydrogen-bond acceptors (Lipinski definition) is 7. The van der Waals surface area contributed by atoms with Gasteiger partial charge >= 0.3 is 0 Å². The van der Waals surface area contributed by atoms with Crippen LogP contribution in [-0.2, 0) is 34.0 Å². The number of hydrogen-bond donors (Lipinski definition) is 3. The number of piperidine rings is 1. The first kappa shape index (κ1) is 31.1. The minimum atomic E-state index is -0.845. The van der Waals surface area contributed by atoms with Gasteiger partial charge < -0.3 is 34.5 Å². The molecule has 228 valence electrons. The third kappa shape index (κ3) is 9.60. The molecule has 0 saturated carbocycles. The lowest BCUT2D eigenvalue weighted by atomic mass is 9.87. The van der Waals surface area contributed by atoms with E-state index in [0.29, 0.717) is 39.0 Å². The molecule has 1 heterocycles. The first-order chi connectivity index (χ1) is 21.2. The van der Waals surface area contributed by atoms with Crippen LogP contribution in [0.5, 0.6) is 5.75 Å². The smallest absolute Gasteiger partial charge is 0.119 e. The Labute approximate surface area is 254 Å². The summed E-state index contributed by atoms with van der Waals surface area (Å²) >= 11 is 0. The molecule has 0 bridgehead atoms. The normalized spacial score (nSPS) is 17.6. The summed E-state index contributed by atoms with van der Waals surface area (Å²) in [6.45, 7) is 4.50. The number of nitrogens with one attached hydrogen (secondary N) is 1. The van der Waals surface area contributed by atoms with Gasteiger partial charge in [0.15, 0.2) is 0 Å². The number of aliphatic hydroxyl groups is 2. The summed E-state index contributed by atoms with van der Waals surface area (Å²) in [7, 11) is 0.